The lowest BCUT2D eigenvalue weighted by molar-refractivity contribution is 0.600. The minimum atomic E-state index is 0.327. The van der Waals surface area contributed by atoms with Gasteiger partial charge in [-0.3, -0.25) is 0 Å². The van der Waals surface area contributed by atoms with Gasteiger partial charge in [0.15, 0.2) is 0 Å². The van der Waals surface area contributed by atoms with Gasteiger partial charge in [0.1, 0.15) is 0 Å². The summed E-state index contributed by atoms with van der Waals surface area (Å²) in [6.45, 7) is 4.28. The largest absolute Gasteiger partial charge is 0.327 e. The van der Waals surface area contributed by atoms with Gasteiger partial charge in [0, 0.05) is 6.04 Å². The van der Waals surface area contributed by atoms with E-state index in [0.29, 0.717) is 6.04 Å². The molecule has 0 saturated carbocycles. The molecule has 72 valence electrons. The van der Waals surface area contributed by atoms with Gasteiger partial charge < -0.3 is 5.73 Å². The molecular weight excluding hydrogens is 158 g/mol. The first-order valence-electron chi connectivity index (χ1n) is 5.03. The van der Waals surface area contributed by atoms with Crippen molar-refractivity contribution in [2.45, 2.75) is 39.2 Å². The first-order chi connectivity index (χ1) is 6.22. The van der Waals surface area contributed by atoms with Crippen LogP contribution in [0.1, 0.15) is 30.9 Å². The number of benzene rings is 1. The van der Waals surface area contributed by atoms with Gasteiger partial charge >= 0.3 is 0 Å². The summed E-state index contributed by atoms with van der Waals surface area (Å²) in [4.78, 5) is 0. The lowest BCUT2D eigenvalue weighted by atomic mass is 10.0. The molecule has 13 heavy (non-hydrogen) atoms. The predicted molar refractivity (Wildman–Crippen MR) is 57.8 cm³/mol. The maximum atomic E-state index is 5.95. The third kappa shape index (κ3) is 3.60. The Bertz CT molecular complexity index is 238. The van der Waals surface area contributed by atoms with Crippen molar-refractivity contribution in [3.63, 3.8) is 0 Å². The van der Waals surface area contributed by atoms with Crippen LogP contribution >= 0.6 is 0 Å². The molecule has 0 aliphatic carbocycles. The van der Waals surface area contributed by atoms with Crippen molar-refractivity contribution in [3.8, 4) is 0 Å². The molecule has 0 aromatic heterocycles. The van der Waals surface area contributed by atoms with Crippen LogP contribution in [0.3, 0.4) is 0 Å². The van der Waals surface area contributed by atoms with E-state index >= 15 is 0 Å². The van der Waals surface area contributed by atoms with Crippen LogP contribution < -0.4 is 5.73 Å². The average Bonchev–Trinajstić information content (AvgIpc) is 2.09. The van der Waals surface area contributed by atoms with Crippen LogP contribution in [0.2, 0.25) is 0 Å². The van der Waals surface area contributed by atoms with E-state index in [-0.39, 0.29) is 0 Å². The highest BCUT2D eigenvalue weighted by atomic mass is 14.6. The molecule has 0 saturated heterocycles. The van der Waals surface area contributed by atoms with Crippen molar-refractivity contribution in [2.24, 2.45) is 5.73 Å². The topological polar surface area (TPSA) is 26.0 Å². The van der Waals surface area contributed by atoms with Gasteiger partial charge in [-0.05, 0) is 25.3 Å². The molecule has 0 radical (unpaired) electrons. The summed E-state index contributed by atoms with van der Waals surface area (Å²) in [5.41, 5.74) is 8.62. The van der Waals surface area contributed by atoms with Crippen LogP contribution in [0.25, 0.3) is 0 Å². The highest BCUT2D eigenvalue weighted by Gasteiger charge is 2.01. The molecule has 0 aliphatic heterocycles. The molecule has 0 spiro atoms. The van der Waals surface area contributed by atoms with Gasteiger partial charge in [-0.2, -0.15) is 0 Å². The van der Waals surface area contributed by atoms with Crippen LogP contribution in [-0.2, 0) is 6.42 Å². The molecule has 0 unspecified atom stereocenters. The molecule has 1 aromatic carbocycles. The highest BCUT2D eigenvalue weighted by molar-refractivity contribution is 5.21. The Morgan fingerprint density at radius 3 is 2.38 bits per heavy atom. The second kappa shape index (κ2) is 5.03. The third-order valence-corrected chi connectivity index (χ3v) is 2.28. The van der Waals surface area contributed by atoms with Crippen molar-refractivity contribution in [1.82, 2.24) is 0 Å². The monoisotopic (exact) mass is 177 g/mol. The Hall–Kier alpha value is -0.820. The number of nitrogens with two attached hydrogens (primary N) is 1. The molecule has 2 N–H and O–H groups in total. The van der Waals surface area contributed by atoms with Gasteiger partial charge in [0.2, 0.25) is 0 Å². The molecular formula is C12H19N. The molecule has 0 aliphatic rings. The number of hydrogen-bond acceptors (Lipinski definition) is 1. The smallest absolute Gasteiger partial charge is 0.00792 e. The fraction of sp³-hybridized carbons (Fsp3) is 0.500. The van der Waals surface area contributed by atoms with Gasteiger partial charge in [-0.25, -0.2) is 0 Å². The molecule has 1 heteroatoms. The molecule has 1 nitrogen and oxygen atoms in total. The Balaban J connectivity index is 2.49. The summed E-state index contributed by atoms with van der Waals surface area (Å²) in [6.07, 6.45) is 3.30. The Morgan fingerprint density at radius 1 is 1.23 bits per heavy atom. The maximum absolute atomic E-state index is 5.95. The minimum absolute atomic E-state index is 0.327. The SMILES string of the molecule is CCC[C@@H](N)Cc1ccc(C)cc1. The Morgan fingerprint density at radius 2 is 1.85 bits per heavy atom. The summed E-state index contributed by atoms with van der Waals surface area (Å²) in [6, 6.07) is 8.96. The molecule has 0 heterocycles. The van der Waals surface area contributed by atoms with Crippen molar-refractivity contribution in [3.05, 3.63) is 35.4 Å². The summed E-state index contributed by atoms with van der Waals surface area (Å²) in [5, 5.41) is 0. The molecule has 0 fully saturated rings. The molecule has 1 aromatic rings. The number of aryl methyl sites for hydroxylation is 1. The highest BCUT2D eigenvalue weighted by Crippen LogP contribution is 2.07. The van der Waals surface area contributed by atoms with E-state index < -0.39 is 0 Å². The van der Waals surface area contributed by atoms with Crippen LogP contribution in [-0.4, -0.2) is 6.04 Å². The van der Waals surface area contributed by atoms with Gasteiger partial charge in [0.25, 0.3) is 0 Å². The van der Waals surface area contributed by atoms with Crippen molar-refractivity contribution >= 4 is 0 Å². The second-order valence-electron chi connectivity index (χ2n) is 3.74. The standard InChI is InChI=1S/C12H19N/c1-3-4-12(13)9-11-7-5-10(2)6-8-11/h5-8,12H,3-4,9,13H2,1-2H3/t12-/m1/s1. The Kier molecular flexibility index (Phi) is 3.97. The maximum Gasteiger partial charge on any atom is 0.00792 e. The minimum Gasteiger partial charge on any atom is -0.327 e. The summed E-state index contributed by atoms with van der Waals surface area (Å²) < 4.78 is 0. The first-order valence-corrected chi connectivity index (χ1v) is 5.03. The van der Waals surface area contributed by atoms with Crippen LogP contribution in [0.4, 0.5) is 0 Å². The van der Waals surface area contributed by atoms with E-state index in [2.05, 4.69) is 38.1 Å². The summed E-state index contributed by atoms with van der Waals surface area (Å²) in [7, 11) is 0. The van der Waals surface area contributed by atoms with Gasteiger partial charge in [-0.1, -0.05) is 43.2 Å². The zero-order valence-electron chi connectivity index (χ0n) is 8.59. The summed E-state index contributed by atoms with van der Waals surface area (Å²) >= 11 is 0. The van der Waals surface area contributed by atoms with Crippen molar-refractivity contribution < 1.29 is 0 Å². The lowest BCUT2D eigenvalue weighted by Gasteiger charge is -2.09. The zero-order valence-corrected chi connectivity index (χ0v) is 8.59. The normalized spacial score (nSPS) is 12.8. The lowest BCUT2D eigenvalue weighted by Crippen LogP contribution is -2.22. The van der Waals surface area contributed by atoms with Crippen LogP contribution in [0.5, 0.6) is 0 Å². The van der Waals surface area contributed by atoms with Gasteiger partial charge in [-0.15, -0.1) is 0 Å². The first kappa shape index (κ1) is 10.3. The van der Waals surface area contributed by atoms with Crippen molar-refractivity contribution in [2.75, 3.05) is 0 Å². The van der Waals surface area contributed by atoms with E-state index in [1.54, 1.807) is 0 Å². The Labute approximate surface area is 81.0 Å². The van der Waals surface area contributed by atoms with Crippen LogP contribution in [0.15, 0.2) is 24.3 Å². The van der Waals surface area contributed by atoms with E-state index in [1.165, 1.54) is 17.5 Å². The number of rotatable bonds is 4. The zero-order chi connectivity index (χ0) is 9.68. The molecule has 0 amide bonds. The quantitative estimate of drug-likeness (QED) is 0.751. The molecule has 0 bridgehead atoms. The third-order valence-electron chi connectivity index (χ3n) is 2.28. The fourth-order valence-corrected chi connectivity index (χ4v) is 1.50. The summed E-state index contributed by atoms with van der Waals surface area (Å²) in [5.74, 6) is 0. The predicted octanol–water partition coefficient (Wildman–Crippen LogP) is 2.66. The van der Waals surface area contributed by atoms with Gasteiger partial charge in [0.05, 0.1) is 0 Å². The van der Waals surface area contributed by atoms with E-state index in [4.69, 9.17) is 5.73 Å². The second-order valence-corrected chi connectivity index (χ2v) is 3.74. The fourth-order valence-electron chi connectivity index (χ4n) is 1.50. The van der Waals surface area contributed by atoms with Crippen molar-refractivity contribution in [1.29, 1.82) is 0 Å². The van der Waals surface area contributed by atoms with E-state index in [1.807, 2.05) is 0 Å². The van der Waals surface area contributed by atoms with E-state index in [0.717, 1.165) is 12.8 Å². The van der Waals surface area contributed by atoms with Crippen LogP contribution in [0, 0.1) is 6.92 Å². The average molecular weight is 177 g/mol. The number of hydrogen-bond donors (Lipinski definition) is 1. The van der Waals surface area contributed by atoms with E-state index in [9.17, 15) is 0 Å². The molecule has 1 rings (SSSR count). The molecule has 1 atom stereocenters.